The molecule has 0 aliphatic carbocycles. The summed E-state index contributed by atoms with van der Waals surface area (Å²) in [7, 11) is 0. The number of terminal acetylenes is 1. The lowest BCUT2D eigenvalue weighted by molar-refractivity contribution is -0.142. The molecular weight excluding hydrogens is 390 g/mol. The first-order chi connectivity index (χ1) is 14.5. The van der Waals surface area contributed by atoms with Crippen LogP contribution in [0.4, 0.5) is 14.5 Å². The molecule has 1 aliphatic heterocycles. The van der Waals surface area contributed by atoms with Crippen molar-refractivity contribution >= 4 is 34.1 Å². The first-order valence-corrected chi connectivity index (χ1v) is 9.15. The van der Waals surface area contributed by atoms with E-state index in [9.17, 15) is 18.4 Å². The van der Waals surface area contributed by atoms with Gasteiger partial charge in [0.1, 0.15) is 11.3 Å². The molecule has 0 unspecified atom stereocenters. The van der Waals surface area contributed by atoms with Gasteiger partial charge in [-0.05, 0) is 36.3 Å². The predicted octanol–water partition coefficient (Wildman–Crippen LogP) is 3.08. The Labute approximate surface area is 170 Å². The van der Waals surface area contributed by atoms with Crippen molar-refractivity contribution in [3.8, 4) is 12.3 Å². The van der Waals surface area contributed by atoms with Gasteiger partial charge in [-0.25, -0.2) is 13.8 Å². The van der Waals surface area contributed by atoms with Crippen molar-refractivity contribution in [3.63, 3.8) is 0 Å². The lowest BCUT2D eigenvalue weighted by atomic mass is 9.99. The van der Waals surface area contributed by atoms with Crippen molar-refractivity contribution in [2.45, 2.75) is 6.42 Å². The van der Waals surface area contributed by atoms with Crippen molar-refractivity contribution in [2.24, 2.45) is 0 Å². The lowest BCUT2D eigenvalue weighted by Crippen LogP contribution is -2.42. The number of H-pyrrole nitrogens is 1. The van der Waals surface area contributed by atoms with Crippen molar-refractivity contribution in [1.82, 2.24) is 14.9 Å². The summed E-state index contributed by atoms with van der Waals surface area (Å²) in [5, 5.41) is 2.98. The van der Waals surface area contributed by atoms with E-state index in [0.29, 0.717) is 13.0 Å². The largest absolute Gasteiger partial charge is 0.346 e. The summed E-state index contributed by atoms with van der Waals surface area (Å²) in [6.07, 6.45) is 11.1. The Kier molecular flexibility index (Phi) is 5.02. The summed E-state index contributed by atoms with van der Waals surface area (Å²) < 4.78 is 28.0. The molecule has 0 radical (unpaired) electrons. The van der Waals surface area contributed by atoms with E-state index in [0.717, 1.165) is 34.3 Å². The molecular formula is C22H16F2N4O2. The number of anilines is 1. The fourth-order valence-corrected chi connectivity index (χ4v) is 3.41. The van der Waals surface area contributed by atoms with E-state index < -0.39 is 29.1 Å². The van der Waals surface area contributed by atoms with Gasteiger partial charge in [0, 0.05) is 42.0 Å². The van der Waals surface area contributed by atoms with Crippen LogP contribution in [0, 0.1) is 24.0 Å². The Morgan fingerprint density at radius 1 is 1.27 bits per heavy atom. The molecule has 0 bridgehead atoms. The van der Waals surface area contributed by atoms with Gasteiger partial charge in [0.2, 0.25) is 0 Å². The molecule has 0 spiro atoms. The van der Waals surface area contributed by atoms with Gasteiger partial charge >= 0.3 is 11.8 Å². The zero-order valence-electron chi connectivity index (χ0n) is 15.7. The number of nitrogens with one attached hydrogen (secondary N) is 2. The number of fused-ring (bicyclic) bond motifs is 1. The second-order valence-electron chi connectivity index (χ2n) is 6.75. The number of aromatic amines is 1. The molecule has 0 atom stereocenters. The number of hydrogen-bond acceptors (Lipinski definition) is 3. The van der Waals surface area contributed by atoms with Crippen LogP contribution in [-0.2, 0) is 9.59 Å². The summed E-state index contributed by atoms with van der Waals surface area (Å²) >= 11 is 0. The number of amides is 2. The standard InChI is InChI=1S/C22H16F2N4O2/c1-2-13-10-17(23)19(18(24)11-13)27-21(29)22(30)28-8-5-14(6-9-28)16-12-26-20-15(16)4-3-7-25-20/h1,3-5,7,10-12H,6,8-9H2,(H,25,26)(H,27,29). The van der Waals surface area contributed by atoms with Gasteiger partial charge in [-0.15, -0.1) is 6.42 Å². The van der Waals surface area contributed by atoms with Crippen LogP contribution in [0.1, 0.15) is 17.5 Å². The average Bonchev–Trinajstić information content (AvgIpc) is 3.19. The van der Waals surface area contributed by atoms with Gasteiger partial charge in [0.25, 0.3) is 0 Å². The van der Waals surface area contributed by atoms with Crippen LogP contribution < -0.4 is 5.32 Å². The topological polar surface area (TPSA) is 78.1 Å². The van der Waals surface area contributed by atoms with Gasteiger partial charge in [-0.2, -0.15) is 0 Å². The number of hydrogen-bond donors (Lipinski definition) is 2. The summed E-state index contributed by atoms with van der Waals surface area (Å²) in [5.41, 5.74) is 2.08. The second kappa shape index (κ2) is 7.79. The highest BCUT2D eigenvalue weighted by Gasteiger charge is 2.26. The molecule has 2 aromatic heterocycles. The Hall–Kier alpha value is -3.99. The van der Waals surface area contributed by atoms with Crippen LogP contribution in [-0.4, -0.2) is 39.8 Å². The number of carbonyl (C=O) groups is 2. The third kappa shape index (κ3) is 3.53. The van der Waals surface area contributed by atoms with Gasteiger partial charge in [-0.3, -0.25) is 9.59 Å². The molecule has 4 rings (SSSR count). The second-order valence-corrected chi connectivity index (χ2v) is 6.75. The van der Waals surface area contributed by atoms with Crippen molar-refractivity contribution in [1.29, 1.82) is 0 Å². The van der Waals surface area contributed by atoms with E-state index >= 15 is 0 Å². The van der Waals surface area contributed by atoms with Crippen LogP contribution in [0.2, 0.25) is 0 Å². The van der Waals surface area contributed by atoms with E-state index in [2.05, 4.69) is 15.9 Å². The molecule has 3 heterocycles. The zero-order chi connectivity index (χ0) is 21.3. The summed E-state index contributed by atoms with van der Waals surface area (Å²) in [5.74, 6) is -1.96. The number of pyridine rings is 1. The highest BCUT2D eigenvalue weighted by molar-refractivity contribution is 6.39. The quantitative estimate of drug-likeness (QED) is 0.507. The van der Waals surface area contributed by atoms with Crippen LogP contribution in [0.15, 0.2) is 42.7 Å². The molecule has 0 fully saturated rings. The average molecular weight is 406 g/mol. The normalized spacial score (nSPS) is 13.6. The fourth-order valence-electron chi connectivity index (χ4n) is 3.41. The first-order valence-electron chi connectivity index (χ1n) is 9.15. The minimum absolute atomic E-state index is 0.00416. The number of nitrogens with zero attached hydrogens (tertiary/aromatic N) is 2. The van der Waals surface area contributed by atoms with Gasteiger partial charge in [0.05, 0.1) is 0 Å². The van der Waals surface area contributed by atoms with E-state index in [-0.39, 0.29) is 12.1 Å². The van der Waals surface area contributed by atoms with Gasteiger partial charge in [-0.1, -0.05) is 12.0 Å². The highest BCUT2D eigenvalue weighted by Crippen LogP contribution is 2.28. The number of aromatic nitrogens is 2. The SMILES string of the molecule is C#Cc1cc(F)c(NC(=O)C(=O)N2CC=C(c3c[nH]c4ncccc34)CC2)c(F)c1. The van der Waals surface area contributed by atoms with Crippen molar-refractivity contribution in [2.75, 3.05) is 18.4 Å². The minimum atomic E-state index is -1.12. The summed E-state index contributed by atoms with van der Waals surface area (Å²) in [4.78, 5) is 33.4. The maximum atomic E-state index is 14.0. The Balaban J connectivity index is 1.47. The molecule has 0 saturated carbocycles. The maximum absolute atomic E-state index is 14.0. The smallest absolute Gasteiger partial charge is 0.314 e. The maximum Gasteiger partial charge on any atom is 0.314 e. The van der Waals surface area contributed by atoms with Crippen LogP contribution in [0.25, 0.3) is 16.6 Å². The highest BCUT2D eigenvalue weighted by atomic mass is 19.1. The third-order valence-corrected chi connectivity index (χ3v) is 4.93. The molecule has 3 aromatic rings. The van der Waals surface area contributed by atoms with Crippen LogP contribution >= 0.6 is 0 Å². The first kappa shape index (κ1) is 19.3. The lowest BCUT2D eigenvalue weighted by Gasteiger charge is -2.26. The van der Waals surface area contributed by atoms with Crippen LogP contribution in [0.3, 0.4) is 0 Å². The number of carbonyl (C=O) groups excluding carboxylic acids is 2. The Morgan fingerprint density at radius 2 is 2.03 bits per heavy atom. The molecule has 6 nitrogen and oxygen atoms in total. The molecule has 30 heavy (non-hydrogen) atoms. The van der Waals surface area contributed by atoms with E-state index in [1.165, 1.54) is 4.90 Å². The molecule has 2 amide bonds. The van der Waals surface area contributed by atoms with E-state index in [4.69, 9.17) is 6.42 Å². The fraction of sp³-hybridized carbons (Fsp3) is 0.136. The monoisotopic (exact) mass is 406 g/mol. The van der Waals surface area contributed by atoms with E-state index in [1.54, 1.807) is 6.20 Å². The number of halogens is 2. The minimum Gasteiger partial charge on any atom is -0.346 e. The van der Waals surface area contributed by atoms with Gasteiger partial charge in [0.15, 0.2) is 11.6 Å². The zero-order valence-corrected chi connectivity index (χ0v) is 15.7. The summed E-state index contributed by atoms with van der Waals surface area (Å²) in [6.45, 7) is 0.502. The molecule has 1 aromatic carbocycles. The predicted molar refractivity (Wildman–Crippen MR) is 108 cm³/mol. The van der Waals surface area contributed by atoms with Crippen molar-refractivity contribution in [3.05, 3.63) is 65.5 Å². The number of benzene rings is 1. The molecule has 0 saturated heterocycles. The van der Waals surface area contributed by atoms with Crippen molar-refractivity contribution < 1.29 is 18.4 Å². The van der Waals surface area contributed by atoms with Gasteiger partial charge < -0.3 is 15.2 Å². The van der Waals surface area contributed by atoms with Crippen LogP contribution in [0.5, 0.6) is 0 Å². The Bertz CT molecular complexity index is 1220. The third-order valence-electron chi connectivity index (χ3n) is 4.93. The molecule has 1 aliphatic rings. The molecule has 2 N–H and O–H groups in total. The summed E-state index contributed by atoms with van der Waals surface area (Å²) in [6, 6.07) is 5.62. The Morgan fingerprint density at radius 3 is 2.70 bits per heavy atom. The number of rotatable bonds is 2. The molecule has 150 valence electrons. The van der Waals surface area contributed by atoms with E-state index in [1.807, 2.05) is 29.7 Å². The molecule has 8 heteroatoms.